The number of carbonyl (C=O) groups is 1. The Morgan fingerprint density at radius 3 is 2.95 bits per heavy atom. The number of aromatic nitrogens is 2. The molecule has 0 saturated carbocycles. The lowest BCUT2D eigenvalue weighted by molar-refractivity contribution is -0.125. The SMILES string of the molecule is COc1cc2ncnc(Nc3cccc(Cl)c3F)c2cc1O[C@H]1C[C@H](C(=O)NC[C@H]2CCCO2)N(C)C1. The second-order valence-corrected chi connectivity index (χ2v) is 9.69. The van der Waals surface area contributed by atoms with E-state index in [9.17, 15) is 9.18 Å². The van der Waals surface area contributed by atoms with Crippen LogP contribution in [0.5, 0.6) is 11.5 Å². The Morgan fingerprint density at radius 2 is 2.16 bits per heavy atom. The maximum Gasteiger partial charge on any atom is 0.237 e. The largest absolute Gasteiger partial charge is 0.493 e. The van der Waals surface area contributed by atoms with Gasteiger partial charge in [0.05, 0.1) is 35.5 Å². The highest BCUT2D eigenvalue weighted by Crippen LogP contribution is 2.37. The minimum absolute atomic E-state index is 0.00812. The molecule has 0 bridgehead atoms. The molecule has 3 heterocycles. The highest BCUT2D eigenvalue weighted by Gasteiger charge is 2.36. The molecule has 1 aromatic heterocycles. The average Bonchev–Trinajstić information content (AvgIpc) is 3.55. The zero-order valence-electron chi connectivity index (χ0n) is 20.7. The Balaban J connectivity index is 1.34. The van der Waals surface area contributed by atoms with E-state index in [0.29, 0.717) is 47.7 Å². The molecule has 2 fully saturated rings. The summed E-state index contributed by atoms with van der Waals surface area (Å²) in [6.07, 6.45) is 3.77. The van der Waals surface area contributed by atoms with Gasteiger partial charge in [-0.3, -0.25) is 9.69 Å². The number of methoxy groups -OCH3 is 1. The van der Waals surface area contributed by atoms with Crippen molar-refractivity contribution in [2.45, 2.75) is 37.5 Å². The number of halogens is 2. The van der Waals surface area contributed by atoms with Gasteiger partial charge in [0.2, 0.25) is 5.91 Å². The summed E-state index contributed by atoms with van der Waals surface area (Å²) in [5.74, 6) is 0.781. The molecule has 0 unspecified atom stereocenters. The third-order valence-electron chi connectivity index (χ3n) is 6.76. The third-order valence-corrected chi connectivity index (χ3v) is 7.05. The lowest BCUT2D eigenvalue weighted by atomic mass is 10.1. The lowest BCUT2D eigenvalue weighted by Crippen LogP contribution is -2.43. The van der Waals surface area contributed by atoms with Gasteiger partial charge in [-0.2, -0.15) is 0 Å². The summed E-state index contributed by atoms with van der Waals surface area (Å²) in [7, 11) is 3.46. The molecule has 2 aliphatic heterocycles. The number of carbonyl (C=O) groups excluding carboxylic acids is 1. The first-order valence-corrected chi connectivity index (χ1v) is 12.6. The molecule has 0 spiro atoms. The van der Waals surface area contributed by atoms with Crippen LogP contribution in [0.1, 0.15) is 19.3 Å². The Hall–Kier alpha value is -3.21. The van der Waals surface area contributed by atoms with E-state index in [1.54, 1.807) is 31.4 Å². The van der Waals surface area contributed by atoms with Gasteiger partial charge >= 0.3 is 0 Å². The average molecular weight is 530 g/mol. The molecule has 1 amide bonds. The summed E-state index contributed by atoms with van der Waals surface area (Å²) < 4.78 is 32.0. The number of nitrogens with zero attached hydrogens (tertiary/aromatic N) is 3. The summed E-state index contributed by atoms with van der Waals surface area (Å²) in [5.41, 5.74) is 0.791. The fourth-order valence-corrected chi connectivity index (χ4v) is 4.98. The van der Waals surface area contributed by atoms with E-state index in [1.165, 1.54) is 12.4 Å². The van der Waals surface area contributed by atoms with E-state index in [4.69, 9.17) is 25.8 Å². The first kappa shape index (κ1) is 25.4. The maximum absolute atomic E-state index is 14.5. The molecule has 9 nitrogen and oxygen atoms in total. The monoisotopic (exact) mass is 529 g/mol. The van der Waals surface area contributed by atoms with Gasteiger partial charge in [0, 0.05) is 37.6 Å². The number of fused-ring (bicyclic) bond motifs is 1. The smallest absolute Gasteiger partial charge is 0.237 e. The van der Waals surface area contributed by atoms with Crippen LogP contribution in [0.15, 0.2) is 36.7 Å². The van der Waals surface area contributed by atoms with Crippen LogP contribution < -0.4 is 20.1 Å². The number of nitrogens with one attached hydrogen (secondary N) is 2. The highest BCUT2D eigenvalue weighted by atomic mass is 35.5. The first-order chi connectivity index (χ1) is 17.9. The van der Waals surface area contributed by atoms with Gasteiger partial charge in [-0.05, 0) is 38.1 Å². The Labute approximate surface area is 219 Å². The van der Waals surface area contributed by atoms with E-state index in [2.05, 4.69) is 20.6 Å². The topological polar surface area (TPSA) is 97.8 Å². The van der Waals surface area contributed by atoms with Gasteiger partial charge < -0.3 is 24.8 Å². The van der Waals surface area contributed by atoms with Crippen LogP contribution in [-0.4, -0.2) is 72.9 Å². The van der Waals surface area contributed by atoms with Gasteiger partial charge in [0.25, 0.3) is 0 Å². The van der Waals surface area contributed by atoms with Gasteiger partial charge in [-0.15, -0.1) is 0 Å². The molecule has 0 radical (unpaired) electrons. The summed E-state index contributed by atoms with van der Waals surface area (Å²) in [4.78, 5) is 23.4. The number of hydrogen-bond donors (Lipinski definition) is 2. The Bertz CT molecular complexity index is 1290. The van der Waals surface area contributed by atoms with Crippen molar-refractivity contribution >= 4 is 39.9 Å². The number of ether oxygens (including phenoxy) is 3. The van der Waals surface area contributed by atoms with Crippen molar-refractivity contribution in [3.8, 4) is 11.5 Å². The molecular weight excluding hydrogens is 501 g/mol. The fraction of sp³-hybridized carbons (Fsp3) is 0.423. The minimum atomic E-state index is -0.571. The zero-order valence-corrected chi connectivity index (χ0v) is 21.4. The van der Waals surface area contributed by atoms with Crippen LogP contribution in [0.3, 0.4) is 0 Å². The van der Waals surface area contributed by atoms with Crippen molar-refractivity contribution in [3.63, 3.8) is 0 Å². The summed E-state index contributed by atoms with van der Waals surface area (Å²) in [6, 6.07) is 7.92. The molecule has 5 rings (SSSR count). The molecule has 37 heavy (non-hydrogen) atoms. The molecular formula is C26H29ClFN5O4. The Kier molecular flexibility index (Phi) is 7.59. The predicted octanol–water partition coefficient (Wildman–Crippen LogP) is 3.92. The van der Waals surface area contributed by atoms with Gasteiger partial charge in [-0.25, -0.2) is 14.4 Å². The van der Waals surface area contributed by atoms with Crippen molar-refractivity contribution in [2.24, 2.45) is 0 Å². The molecule has 2 aromatic carbocycles. The van der Waals surface area contributed by atoms with Crippen LogP contribution in [-0.2, 0) is 9.53 Å². The number of benzene rings is 2. The van der Waals surface area contributed by atoms with E-state index in [1.807, 2.05) is 11.9 Å². The molecule has 3 aromatic rings. The number of rotatable bonds is 8. The van der Waals surface area contributed by atoms with Crippen LogP contribution in [0, 0.1) is 5.82 Å². The van der Waals surface area contributed by atoms with Crippen LogP contribution in [0.4, 0.5) is 15.9 Å². The van der Waals surface area contributed by atoms with Crippen molar-refractivity contribution in [2.75, 3.05) is 39.2 Å². The number of likely N-dealkylation sites (N-methyl/N-ethyl adjacent to an activating group) is 1. The quantitative estimate of drug-likeness (QED) is 0.453. The lowest BCUT2D eigenvalue weighted by Gasteiger charge is -2.19. The van der Waals surface area contributed by atoms with Crippen LogP contribution in [0.25, 0.3) is 10.9 Å². The number of likely N-dealkylation sites (tertiary alicyclic amines) is 1. The van der Waals surface area contributed by atoms with E-state index in [0.717, 1.165) is 19.4 Å². The third kappa shape index (κ3) is 5.56. The molecule has 11 heteroatoms. The molecule has 196 valence electrons. The number of hydrogen-bond acceptors (Lipinski definition) is 8. The maximum atomic E-state index is 14.5. The van der Waals surface area contributed by atoms with Gasteiger partial charge in [-0.1, -0.05) is 17.7 Å². The van der Waals surface area contributed by atoms with Gasteiger partial charge in [0.1, 0.15) is 18.2 Å². The normalized spacial score (nSPS) is 21.8. The molecule has 2 N–H and O–H groups in total. The molecule has 2 aliphatic rings. The summed E-state index contributed by atoms with van der Waals surface area (Å²) in [5, 5.41) is 6.65. The standard InChI is InChI=1S/C26H29ClFN5O4/c1-33-13-16(9-21(33)26(34)29-12-15-5-4-8-36-15)37-23-10-17-20(11-22(23)35-2)30-14-31-25(17)32-19-7-3-6-18(27)24(19)28/h3,6-7,10-11,14-16,21H,4-5,8-9,12-13H2,1-2H3,(H,29,34)(H,30,31,32)/t15-,16+,21-/m1/s1. The van der Waals surface area contributed by atoms with Crippen molar-refractivity contribution in [3.05, 3.63) is 47.5 Å². The number of anilines is 2. The zero-order chi connectivity index (χ0) is 25.9. The van der Waals surface area contributed by atoms with E-state index >= 15 is 0 Å². The molecule has 3 atom stereocenters. The van der Waals surface area contributed by atoms with Gasteiger partial charge in [0.15, 0.2) is 17.3 Å². The second-order valence-electron chi connectivity index (χ2n) is 9.28. The molecule has 0 aliphatic carbocycles. The minimum Gasteiger partial charge on any atom is -0.493 e. The van der Waals surface area contributed by atoms with E-state index in [-0.39, 0.29) is 34.9 Å². The molecule has 2 saturated heterocycles. The summed E-state index contributed by atoms with van der Waals surface area (Å²) >= 11 is 5.93. The van der Waals surface area contributed by atoms with Crippen molar-refractivity contribution < 1.29 is 23.4 Å². The van der Waals surface area contributed by atoms with Crippen LogP contribution in [0.2, 0.25) is 5.02 Å². The van der Waals surface area contributed by atoms with Crippen LogP contribution >= 0.6 is 11.6 Å². The first-order valence-electron chi connectivity index (χ1n) is 12.2. The highest BCUT2D eigenvalue weighted by molar-refractivity contribution is 6.31. The predicted molar refractivity (Wildman–Crippen MR) is 138 cm³/mol. The van der Waals surface area contributed by atoms with E-state index < -0.39 is 5.82 Å². The van der Waals surface area contributed by atoms with Crippen molar-refractivity contribution in [1.82, 2.24) is 20.2 Å². The Morgan fingerprint density at radius 1 is 1.30 bits per heavy atom. The number of amides is 1. The second kappa shape index (κ2) is 11.0. The fourth-order valence-electron chi connectivity index (χ4n) is 4.80. The van der Waals surface area contributed by atoms with Crippen molar-refractivity contribution in [1.29, 1.82) is 0 Å². The summed E-state index contributed by atoms with van der Waals surface area (Å²) in [6.45, 7) is 1.85.